The molecule has 0 N–H and O–H groups in total. The van der Waals surface area contributed by atoms with Crippen molar-refractivity contribution in [2.75, 3.05) is 32.7 Å². The number of hydrogen-bond acceptors (Lipinski definition) is 4. The van der Waals surface area contributed by atoms with Crippen LogP contribution in [0, 0.1) is 20.8 Å². The molecule has 4 nitrogen and oxygen atoms in total. The molecular formula is C15H23NO3. The molecule has 0 unspecified atom stereocenters. The van der Waals surface area contributed by atoms with Crippen molar-refractivity contribution in [2.24, 2.45) is 0 Å². The lowest BCUT2D eigenvalue weighted by Crippen LogP contribution is -2.23. The van der Waals surface area contributed by atoms with Crippen molar-refractivity contribution < 1.29 is 14.3 Å². The molecule has 1 aromatic rings. The molecule has 0 radical (unpaired) electrons. The van der Waals surface area contributed by atoms with Crippen molar-refractivity contribution >= 4 is 11.7 Å². The average molecular weight is 265 g/mol. The summed E-state index contributed by atoms with van der Waals surface area (Å²) in [5.74, 6) is 0.678. The first-order chi connectivity index (χ1) is 8.92. The molecule has 0 saturated carbocycles. The van der Waals surface area contributed by atoms with Crippen LogP contribution < -0.4 is 9.64 Å². The van der Waals surface area contributed by atoms with Crippen LogP contribution in [0.15, 0.2) is 6.07 Å². The molecule has 0 amide bonds. The van der Waals surface area contributed by atoms with Gasteiger partial charge in [-0.05, 0) is 37.5 Å². The van der Waals surface area contributed by atoms with Crippen LogP contribution in [0.3, 0.4) is 0 Å². The minimum absolute atomic E-state index is 0.202. The topological polar surface area (TPSA) is 38.8 Å². The molecule has 0 aromatic heterocycles. The van der Waals surface area contributed by atoms with Gasteiger partial charge in [-0.1, -0.05) is 6.07 Å². The number of carbonyl (C=O) groups excluding carboxylic acids is 1. The molecule has 4 heteroatoms. The van der Waals surface area contributed by atoms with Crippen molar-refractivity contribution in [2.45, 2.75) is 27.2 Å². The molecule has 19 heavy (non-hydrogen) atoms. The van der Waals surface area contributed by atoms with Crippen LogP contribution in [0.2, 0.25) is 0 Å². The number of anilines is 1. The Labute approximate surface area is 115 Å². The summed E-state index contributed by atoms with van der Waals surface area (Å²) in [5.41, 5.74) is 4.52. The molecule has 1 aromatic carbocycles. The van der Waals surface area contributed by atoms with Crippen LogP contribution in [-0.4, -0.2) is 33.8 Å². The predicted molar refractivity (Wildman–Crippen MR) is 77.1 cm³/mol. The van der Waals surface area contributed by atoms with Gasteiger partial charge >= 0.3 is 5.97 Å². The van der Waals surface area contributed by atoms with Crippen molar-refractivity contribution in [1.82, 2.24) is 0 Å². The van der Waals surface area contributed by atoms with E-state index in [9.17, 15) is 4.79 Å². The van der Waals surface area contributed by atoms with Crippen molar-refractivity contribution in [3.63, 3.8) is 0 Å². The SMILES string of the molecule is COC(=O)CCN(C)c1c(C)cc(C)c(C)c1OC. The van der Waals surface area contributed by atoms with Gasteiger partial charge in [-0.15, -0.1) is 0 Å². The summed E-state index contributed by atoms with van der Waals surface area (Å²) in [5, 5.41) is 0. The van der Waals surface area contributed by atoms with Gasteiger partial charge in [-0.2, -0.15) is 0 Å². The van der Waals surface area contributed by atoms with E-state index in [0.717, 1.165) is 22.6 Å². The van der Waals surface area contributed by atoms with Gasteiger partial charge in [-0.3, -0.25) is 4.79 Å². The molecule has 0 saturated heterocycles. The first kappa shape index (κ1) is 15.3. The lowest BCUT2D eigenvalue weighted by atomic mass is 10.0. The fourth-order valence-electron chi connectivity index (χ4n) is 2.23. The van der Waals surface area contributed by atoms with E-state index in [1.807, 2.05) is 18.9 Å². The van der Waals surface area contributed by atoms with E-state index in [0.29, 0.717) is 13.0 Å². The first-order valence-corrected chi connectivity index (χ1v) is 6.35. The number of esters is 1. The lowest BCUT2D eigenvalue weighted by Gasteiger charge is -2.25. The van der Waals surface area contributed by atoms with Crippen LogP contribution in [0.4, 0.5) is 5.69 Å². The molecule has 0 fully saturated rings. The largest absolute Gasteiger partial charge is 0.494 e. The van der Waals surface area contributed by atoms with Gasteiger partial charge in [0.2, 0.25) is 0 Å². The van der Waals surface area contributed by atoms with Gasteiger partial charge in [0.05, 0.1) is 26.3 Å². The summed E-state index contributed by atoms with van der Waals surface area (Å²) in [6.45, 7) is 6.78. The second kappa shape index (κ2) is 6.45. The molecule has 0 spiro atoms. The predicted octanol–water partition coefficient (Wildman–Crippen LogP) is 2.62. The molecule has 0 aliphatic carbocycles. The van der Waals surface area contributed by atoms with E-state index < -0.39 is 0 Å². The first-order valence-electron chi connectivity index (χ1n) is 6.35. The zero-order valence-corrected chi connectivity index (χ0v) is 12.7. The van der Waals surface area contributed by atoms with E-state index in [4.69, 9.17) is 4.74 Å². The highest BCUT2D eigenvalue weighted by atomic mass is 16.5. The minimum Gasteiger partial charge on any atom is -0.494 e. The van der Waals surface area contributed by atoms with Crippen molar-refractivity contribution in [3.8, 4) is 5.75 Å². The highest BCUT2D eigenvalue weighted by molar-refractivity contribution is 5.72. The maximum atomic E-state index is 11.2. The molecule has 1 rings (SSSR count). The molecular weight excluding hydrogens is 242 g/mol. The molecule has 0 atom stereocenters. The van der Waals surface area contributed by atoms with E-state index in [2.05, 4.69) is 24.7 Å². The summed E-state index contributed by atoms with van der Waals surface area (Å²) in [7, 11) is 5.05. The smallest absolute Gasteiger partial charge is 0.307 e. The van der Waals surface area contributed by atoms with Gasteiger partial charge in [0.1, 0.15) is 5.75 Å². The lowest BCUT2D eigenvalue weighted by molar-refractivity contribution is -0.140. The van der Waals surface area contributed by atoms with Gasteiger partial charge in [0, 0.05) is 13.6 Å². The Morgan fingerprint density at radius 3 is 2.37 bits per heavy atom. The standard InChI is InChI=1S/C15H23NO3/c1-10-9-11(2)14(15(19-6)12(10)3)16(4)8-7-13(17)18-5/h9H,7-8H2,1-6H3. The summed E-state index contributed by atoms with van der Waals surface area (Å²) in [6, 6.07) is 2.14. The monoisotopic (exact) mass is 265 g/mol. The second-order valence-electron chi connectivity index (χ2n) is 4.76. The van der Waals surface area contributed by atoms with Gasteiger partial charge < -0.3 is 14.4 Å². The maximum Gasteiger partial charge on any atom is 0.307 e. The van der Waals surface area contributed by atoms with E-state index in [1.165, 1.54) is 12.7 Å². The Balaban J connectivity index is 3.05. The average Bonchev–Trinajstić information content (AvgIpc) is 2.39. The number of hydrogen-bond donors (Lipinski definition) is 0. The van der Waals surface area contributed by atoms with E-state index in [1.54, 1.807) is 7.11 Å². The fourth-order valence-corrected chi connectivity index (χ4v) is 2.23. The molecule has 0 aliphatic rings. The maximum absolute atomic E-state index is 11.2. The number of benzene rings is 1. The summed E-state index contributed by atoms with van der Waals surface area (Å²) in [4.78, 5) is 13.3. The number of nitrogens with zero attached hydrogens (tertiary/aromatic N) is 1. The number of carbonyl (C=O) groups is 1. The Hall–Kier alpha value is -1.71. The van der Waals surface area contributed by atoms with Crippen molar-refractivity contribution in [3.05, 3.63) is 22.8 Å². The summed E-state index contributed by atoms with van der Waals surface area (Å²) in [6.07, 6.45) is 0.364. The molecule has 0 bridgehead atoms. The quantitative estimate of drug-likeness (QED) is 0.767. The van der Waals surface area contributed by atoms with Gasteiger partial charge in [-0.25, -0.2) is 0 Å². The number of methoxy groups -OCH3 is 2. The molecule has 0 heterocycles. The van der Waals surface area contributed by atoms with Crippen LogP contribution in [0.5, 0.6) is 5.75 Å². The molecule has 106 valence electrons. The van der Waals surface area contributed by atoms with Crippen LogP contribution in [-0.2, 0) is 9.53 Å². The Morgan fingerprint density at radius 2 is 1.84 bits per heavy atom. The zero-order chi connectivity index (χ0) is 14.6. The summed E-state index contributed by atoms with van der Waals surface area (Å²) >= 11 is 0. The number of aryl methyl sites for hydroxylation is 2. The van der Waals surface area contributed by atoms with Gasteiger partial charge in [0.25, 0.3) is 0 Å². The minimum atomic E-state index is -0.202. The van der Waals surface area contributed by atoms with E-state index >= 15 is 0 Å². The second-order valence-corrected chi connectivity index (χ2v) is 4.76. The fraction of sp³-hybridized carbons (Fsp3) is 0.533. The third kappa shape index (κ3) is 3.40. The van der Waals surface area contributed by atoms with Crippen LogP contribution in [0.25, 0.3) is 0 Å². The number of rotatable bonds is 5. The Bertz CT molecular complexity index is 469. The summed E-state index contributed by atoms with van der Waals surface area (Å²) < 4.78 is 10.2. The number of ether oxygens (including phenoxy) is 2. The molecule has 0 aliphatic heterocycles. The Kier molecular flexibility index (Phi) is 5.21. The van der Waals surface area contributed by atoms with Crippen molar-refractivity contribution in [1.29, 1.82) is 0 Å². The highest BCUT2D eigenvalue weighted by Gasteiger charge is 2.16. The normalized spacial score (nSPS) is 10.2. The highest BCUT2D eigenvalue weighted by Crippen LogP contribution is 2.36. The van der Waals surface area contributed by atoms with Crippen LogP contribution >= 0.6 is 0 Å². The third-order valence-corrected chi connectivity index (χ3v) is 3.42. The Morgan fingerprint density at radius 1 is 1.21 bits per heavy atom. The van der Waals surface area contributed by atoms with E-state index in [-0.39, 0.29) is 5.97 Å². The zero-order valence-electron chi connectivity index (χ0n) is 12.7. The third-order valence-electron chi connectivity index (χ3n) is 3.42. The van der Waals surface area contributed by atoms with Crippen LogP contribution in [0.1, 0.15) is 23.1 Å². The van der Waals surface area contributed by atoms with Gasteiger partial charge in [0.15, 0.2) is 0 Å².